The minimum absolute atomic E-state index is 0.316. The molecule has 2 aromatic rings. The molecule has 0 amide bonds. The molecule has 88 valence electrons. The average Bonchev–Trinajstić information content (AvgIpc) is 2.86. The van der Waals surface area contributed by atoms with Crippen molar-refractivity contribution in [2.75, 3.05) is 11.4 Å². The molecule has 0 fully saturated rings. The average molecular weight is 246 g/mol. The maximum atomic E-state index is 9.97. The maximum absolute atomic E-state index is 9.97. The van der Waals surface area contributed by atoms with Gasteiger partial charge in [-0.25, -0.2) is 0 Å². The molecule has 17 heavy (non-hydrogen) atoms. The predicted octanol–water partition coefficient (Wildman–Crippen LogP) is 2.59. The van der Waals surface area contributed by atoms with Gasteiger partial charge < -0.3 is 10.0 Å². The molecule has 0 saturated heterocycles. The van der Waals surface area contributed by atoms with Gasteiger partial charge >= 0.3 is 0 Å². The molecule has 1 aliphatic rings. The summed E-state index contributed by atoms with van der Waals surface area (Å²) in [5.41, 5.74) is 4.06. The molecular formula is C13H14N2OS. The van der Waals surface area contributed by atoms with E-state index in [4.69, 9.17) is 0 Å². The van der Waals surface area contributed by atoms with Crippen LogP contribution in [0.4, 0.5) is 5.69 Å². The van der Waals surface area contributed by atoms with Crippen LogP contribution in [0.3, 0.4) is 0 Å². The Morgan fingerprint density at radius 3 is 3.12 bits per heavy atom. The van der Waals surface area contributed by atoms with Crippen molar-refractivity contribution < 1.29 is 5.11 Å². The summed E-state index contributed by atoms with van der Waals surface area (Å²) in [6.07, 6.45) is 2.40. The Morgan fingerprint density at radius 1 is 1.41 bits per heavy atom. The van der Waals surface area contributed by atoms with Crippen LogP contribution in [0.15, 0.2) is 36.0 Å². The largest absolute Gasteiger partial charge is 0.388 e. The highest BCUT2D eigenvalue weighted by Gasteiger charge is 2.23. The number of aliphatic hydroxyl groups excluding tert-OH is 1. The van der Waals surface area contributed by atoms with Crippen LogP contribution in [-0.2, 0) is 6.54 Å². The van der Waals surface area contributed by atoms with Crippen molar-refractivity contribution in [1.29, 1.82) is 0 Å². The summed E-state index contributed by atoms with van der Waals surface area (Å²) < 4.78 is 0. The van der Waals surface area contributed by atoms with E-state index in [1.165, 1.54) is 4.88 Å². The summed E-state index contributed by atoms with van der Waals surface area (Å²) in [4.78, 5) is 7.68. The van der Waals surface area contributed by atoms with Gasteiger partial charge in [0.05, 0.1) is 18.2 Å². The monoisotopic (exact) mass is 246 g/mol. The Hall–Kier alpha value is -1.39. The number of para-hydroxylation sites is 1. The first-order valence-corrected chi connectivity index (χ1v) is 6.62. The van der Waals surface area contributed by atoms with Gasteiger partial charge in [0.1, 0.15) is 0 Å². The highest BCUT2D eigenvalue weighted by Crippen LogP contribution is 2.34. The van der Waals surface area contributed by atoms with Crippen LogP contribution in [-0.4, -0.2) is 16.6 Å². The lowest BCUT2D eigenvalue weighted by atomic mass is 9.99. The number of hydrogen-bond acceptors (Lipinski definition) is 4. The van der Waals surface area contributed by atoms with Crippen LogP contribution in [0, 0.1) is 0 Å². The normalized spacial score (nSPS) is 19.1. The van der Waals surface area contributed by atoms with E-state index in [0.29, 0.717) is 0 Å². The zero-order valence-electron chi connectivity index (χ0n) is 9.41. The number of rotatable bonds is 2. The second kappa shape index (κ2) is 4.47. The molecule has 0 aliphatic carbocycles. The third-order valence-corrected chi connectivity index (χ3v) is 3.90. The summed E-state index contributed by atoms with van der Waals surface area (Å²) in [7, 11) is 0. The zero-order chi connectivity index (χ0) is 11.7. The lowest BCUT2D eigenvalue weighted by Gasteiger charge is -2.33. The van der Waals surface area contributed by atoms with Crippen LogP contribution < -0.4 is 4.90 Å². The number of fused-ring (bicyclic) bond motifs is 1. The van der Waals surface area contributed by atoms with E-state index >= 15 is 0 Å². The molecule has 0 saturated carbocycles. The molecule has 1 aromatic carbocycles. The first kappa shape index (κ1) is 10.7. The van der Waals surface area contributed by atoms with Crippen molar-refractivity contribution in [1.82, 2.24) is 4.98 Å². The van der Waals surface area contributed by atoms with Crippen LogP contribution in [0.5, 0.6) is 0 Å². The lowest BCUT2D eigenvalue weighted by molar-refractivity contribution is 0.164. The van der Waals surface area contributed by atoms with E-state index in [1.54, 1.807) is 11.3 Å². The van der Waals surface area contributed by atoms with Gasteiger partial charge in [0.25, 0.3) is 0 Å². The minimum Gasteiger partial charge on any atom is -0.388 e. The number of anilines is 1. The van der Waals surface area contributed by atoms with Crippen LogP contribution in [0.25, 0.3) is 0 Å². The Kier molecular flexibility index (Phi) is 2.82. The van der Waals surface area contributed by atoms with Gasteiger partial charge in [0.15, 0.2) is 0 Å². The van der Waals surface area contributed by atoms with Gasteiger partial charge in [0, 0.05) is 28.9 Å². The minimum atomic E-state index is -0.316. The fourth-order valence-corrected chi connectivity index (χ4v) is 2.89. The topological polar surface area (TPSA) is 36.4 Å². The molecule has 1 aromatic heterocycles. The smallest absolute Gasteiger partial charge is 0.0826 e. The zero-order valence-corrected chi connectivity index (χ0v) is 10.2. The third-order valence-electron chi connectivity index (χ3n) is 3.14. The lowest BCUT2D eigenvalue weighted by Crippen LogP contribution is -2.30. The maximum Gasteiger partial charge on any atom is 0.0826 e. The van der Waals surface area contributed by atoms with E-state index in [0.717, 1.165) is 30.8 Å². The van der Waals surface area contributed by atoms with E-state index in [1.807, 2.05) is 29.9 Å². The summed E-state index contributed by atoms with van der Waals surface area (Å²) in [5, 5.41) is 9.97. The number of nitrogens with zero attached hydrogens (tertiary/aromatic N) is 2. The fraction of sp³-hybridized carbons (Fsp3) is 0.308. The highest BCUT2D eigenvalue weighted by molar-refractivity contribution is 7.09. The van der Waals surface area contributed by atoms with Crippen LogP contribution in [0.1, 0.15) is 23.0 Å². The van der Waals surface area contributed by atoms with Crippen molar-refractivity contribution in [3.05, 3.63) is 46.4 Å². The molecule has 0 radical (unpaired) electrons. The van der Waals surface area contributed by atoms with Crippen molar-refractivity contribution in [3.8, 4) is 0 Å². The summed E-state index contributed by atoms with van der Waals surface area (Å²) in [5.74, 6) is 0. The predicted molar refractivity (Wildman–Crippen MR) is 69.2 cm³/mol. The highest BCUT2D eigenvalue weighted by atomic mass is 32.1. The number of aromatic nitrogens is 1. The molecule has 3 rings (SSSR count). The number of aliphatic hydroxyl groups is 1. The number of benzene rings is 1. The van der Waals surface area contributed by atoms with Crippen molar-refractivity contribution in [2.45, 2.75) is 19.1 Å². The van der Waals surface area contributed by atoms with Crippen molar-refractivity contribution in [2.24, 2.45) is 0 Å². The van der Waals surface area contributed by atoms with Crippen molar-refractivity contribution in [3.63, 3.8) is 0 Å². The van der Waals surface area contributed by atoms with Gasteiger partial charge in [-0.2, -0.15) is 0 Å². The van der Waals surface area contributed by atoms with E-state index < -0.39 is 0 Å². The molecule has 1 N–H and O–H groups in total. The van der Waals surface area contributed by atoms with Gasteiger partial charge in [0.2, 0.25) is 0 Å². The Labute approximate surface area is 104 Å². The number of thiazole rings is 1. The SMILES string of the molecule is OC1CCN(Cc2cncs2)c2ccccc21. The molecule has 0 spiro atoms. The number of hydrogen-bond donors (Lipinski definition) is 1. The van der Waals surface area contributed by atoms with E-state index in [-0.39, 0.29) is 6.10 Å². The Morgan fingerprint density at radius 2 is 2.29 bits per heavy atom. The quantitative estimate of drug-likeness (QED) is 0.884. The Bertz CT molecular complexity index is 498. The molecule has 2 heterocycles. The molecule has 4 heteroatoms. The summed E-state index contributed by atoms with van der Waals surface area (Å²) in [6, 6.07) is 8.10. The van der Waals surface area contributed by atoms with Crippen LogP contribution >= 0.6 is 11.3 Å². The van der Waals surface area contributed by atoms with Crippen molar-refractivity contribution >= 4 is 17.0 Å². The second-order valence-electron chi connectivity index (χ2n) is 4.25. The van der Waals surface area contributed by atoms with E-state index in [9.17, 15) is 5.11 Å². The first-order chi connectivity index (χ1) is 8.34. The molecular weight excluding hydrogens is 232 g/mol. The molecule has 1 atom stereocenters. The Balaban J connectivity index is 1.90. The first-order valence-electron chi connectivity index (χ1n) is 5.74. The van der Waals surface area contributed by atoms with Crippen LogP contribution in [0.2, 0.25) is 0 Å². The second-order valence-corrected chi connectivity index (χ2v) is 5.22. The van der Waals surface area contributed by atoms with Gasteiger partial charge in [-0.1, -0.05) is 18.2 Å². The molecule has 1 unspecified atom stereocenters. The van der Waals surface area contributed by atoms with E-state index in [2.05, 4.69) is 16.0 Å². The van der Waals surface area contributed by atoms with Gasteiger partial charge in [-0.15, -0.1) is 11.3 Å². The van der Waals surface area contributed by atoms with Gasteiger partial charge in [-0.3, -0.25) is 4.98 Å². The van der Waals surface area contributed by atoms with Gasteiger partial charge in [-0.05, 0) is 12.5 Å². The summed E-state index contributed by atoms with van der Waals surface area (Å²) >= 11 is 1.68. The summed E-state index contributed by atoms with van der Waals surface area (Å²) in [6.45, 7) is 1.78. The molecule has 1 aliphatic heterocycles. The molecule has 3 nitrogen and oxygen atoms in total. The molecule has 0 bridgehead atoms. The fourth-order valence-electron chi connectivity index (χ4n) is 2.28. The standard InChI is InChI=1S/C13H14N2OS/c16-13-5-6-15(8-10-7-14-9-17-10)12-4-2-1-3-11(12)13/h1-4,7,9,13,16H,5-6,8H2. The third kappa shape index (κ3) is 2.06.